The third-order valence-electron chi connectivity index (χ3n) is 2.91. The summed E-state index contributed by atoms with van der Waals surface area (Å²) in [5.41, 5.74) is 0.644. The molecule has 7 heteroatoms. The van der Waals surface area contributed by atoms with Crippen molar-refractivity contribution in [2.45, 2.75) is 0 Å². The van der Waals surface area contributed by atoms with E-state index in [1.54, 1.807) is 43.5 Å². The molecule has 0 bridgehead atoms. The molecular formula is C17H16INO5. The molecule has 0 aliphatic carbocycles. The van der Waals surface area contributed by atoms with Gasteiger partial charge in [0.1, 0.15) is 11.5 Å². The minimum Gasteiger partial charge on any atom is -0.497 e. The summed E-state index contributed by atoms with van der Waals surface area (Å²) in [6.07, 6.45) is 0. The second-order valence-electron chi connectivity index (χ2n) is 4.68. The SMILES string of the molecule is COc1ccc(OCC(=O)OCC(=O)Nc2ccc(I)cc2)cc1. The molecule has 0 aromatic heterocycles. The summed E-state index contributed by atoms with van der Waals surface area (Å²) in [6, 6.07) is 14.1. The van der Waals surface area contributed by atoms with Gasteiger partial charge in [-0.15, -0.1) is 0 Å². The highest BCUT2D eigenvalue weighted by molar-refractivity contribution is 14.1. The van der Waals surface area contributed by atoms with Crippen LogP contribution in [0, 0.1) is 3.57 Å². The fraction of sp³-hybridized carbons (Fsp3) is 0.176. The molecule has 2 aromatic rings. The number of methoxy groups -OCH3 is 1. The summed E-state index contributed by atoms with van der Waals surface area (Å²) in [5, 5.41) is 2.64. The van der Waals surface area contributed by atoms with Crippen LogP contribution >= 0.6 is 22.6 Å². The van der Waals surface area contributed by atoms with Gasteiger partial charge in [-0.2, -0.15) is 0 Å². The Bertz CT molecular complexity index is 685. The lowest BCUT2D eigenvalue weighted by Gasteiger charge is -2.08. The molecule has 0 heterocycles. The van der Waals surface area contributed by atoms with E-state index in [-0.39, 0.29) is 13.2 Å². The van der Waals surface area contributed by atoms with Crippen LogP contribution in [0.1, 0.15) is 0 Å². The third-order valence-corrected chi connectivity index (χ3v) is 3.63. The number of carbonyl (C=O) groups excluding carboxylic acids is 2. The van der Waals surface area contributed by atoms with Crippen molar-refractivity contribution in [2.24, 2.45) is 0 Å². The van der Waals surface area contributed by atoms with Gasteiger partial charge in [0, 0.05) is 9.26 Å². The van der Waals surface area contributed by atoms with E-state index in [4.69, 9.17) is 14.2 Å². The zero-order valence-corrected chi connectivity index (χ0v) is 15.1. The second kappa shape index (κ2) is 9.11. The van der Waals surface area contributed by atoms with Crippen LogP contribution in [0.25, 0.3) is 0 Å². The monoisotopic (exact) mass is 441 g/mol. The number of benzene rings is 2. The topological polar surface area (TPSA) is 73.9 Å². The van der Waals surface area contributed by atoms with Crippen molar-refractivity contribution in [3.8, 4) is 11.5 Å². The Morgan fingerprint density at radius 2 is 1.58 bits per heavy atom. The van der Waals surface area contributed by atoms with E-state index >= 15 is 0 Å². The number of rotatable bonds is 7. The predicted octanol–water partition coefficient (Wildman–Crippen LogP) is 2.86. The molecule has 0 spiro atoms. The molecule has 0 aliphatic rings. The molecule has 1 amide bonds. The zero-order valence-electron chi connectivity index (χ0n) is 13.0. The normalized spacial score (nSPS) is 9.92. The number of nitrogens with one attached hydrogen (secondary N) is 1. The first-order valence-corrected chi connectivity index (χ1v) is 8.12. The predicted molar refractivity (Wildman–Crippen MR) is 97.2 cm³/mol. The van der Waals surface area contributed by atoms with Crippen LogP contribution in [0.3, 0.4) is 0 Å². The van der Waals surface area contributed by atoms with Gasteiger partial charge in [0.2, 0.25) is 0 Å². The van der Waals surface area contributed by atoms with E-state index in [9.17, 15) is 9.59 Å². The Labute approximate surface area is 153 Å². The summed E-state index contributed by atoms with van der Waals surface area (Å²) >= 11 is 2.17. The van der Waals surface area contributed by atoms with E-state index in [2.05, 4.69) is 27.9 Å². The molecule has 1 N–H and O–H groups in total. The number of anilines is 1. The van der Waals surface area contributed by atoms with Crippen molar-refractivity contribution in [3.05, 3.63) is 52.1 Å². The van der Waals surface area contributed by atoms with Crippen LogP contribution in [0.5, 0.6) is 11.5 Å². The van der Waals surface area contributed by atoms with Crippen LogP contribution in [0.4, 0.5) is 5.69 Å². The molecule has 2 rings (SSSR count). The first-order valence-electron chi connectivity index (χ1n) is 7.05. The first kappa shape index (κ1) is 18.1. The van der Waals surface area contributed by atoms with E-state index in [0.717, 1.165) is 3.57 Å². The Hall–Kier alpha value is -2.29. The third kappa shape index (κ3) is 6.07. The minimum absolute atomic E-state index is 0.275. The average Bonchev–Trinajstić information content (AvgIpc) is 2.60. The minimum atomic E-state index is -0.622. The Balaban J connectivity index is 1.70. The van der Waals surface area contributed by atoms with Crippen LogP contribution in [-0.4, -0.2) is 32.2 Å². The molecule has 2 aromatic carbocycles. The number of hydrogen-bond acceptors (Lipinski definition) is 5. The molecule has 0 aliphatic heterocycles. The Morgan fingerprint density at radius 3 is 2.21 bits per heavy atom. The van der Waals surface area contributed by atoms with Gasteiger partial charge in [-0.1, -0.05) is 0 Å². The van der Waals surface area contributed by atoms with Gasteiger partial charge in [-0.3, -0.25) is 4.79 Å². The smallest absolute Gasteiger partial charge is 0.344 e. The highest BCUT2D eigenvalue weighted by Gasteiger charge is 2.09. The van der Waals surface area contributed by atoms with Crippen molar-refractivity contribution >= 4 is 40.2 Å². The highest BCUT2D eigenvalue weighted by Crippen LogP contribution is 2.16. The second-order valence-corrected chi connectivity index (χ2v) is 5.93. The highest BCUT2D eigenvalue weighted by atomic mass is 127. The first-order chi connectivity index (χ1) is 11.6. The van der Waals surface area contributed by atoms with Crippen molar-refractivity contribution in [2.75, 3.05) is 25.6 Å². The molecular weight excluding hydrogens is 425 g/mol. The van der Waals surface area contributed by atoms with Gasteiger partial charge < -0.3 is 19.5 Å². The largest absolute Gasteiger partial charge is 0.497 e. The van der Waals surface area contributed by atoms with Gasteiger partial charge >= 0.3 is 5.97 Å². The number of hydrogen-bond donors (Lipinski definition) is 1. The zero-order chi connectivity index (χ0) is 17.4. The fourth-order valence-corrected chi connectivity index (χ4v) is 2.09. The lowest BCUT2D eigenvalue weighted by Crippen LogP contribution is -2.23. The lowest BCUT2D eigenvalue weighted by atomic mass is 10.3. The van der Waals surface area contributed by atoms with Crippen LogP contribution in [-0.2, 0) is 14.3 Å². The molecule has 0 saturated carbocycles. The molecule has 0 fully saturated rings. The van der Waals surface area contributed by atoms with Crippen molar-refractivity contribution in [3.63, 3.8) is 0 Å². The Morgan fingerprint density at radius 1 is 0.958 bits per heavy atom. The number of amides is 1. The molecule has 0 unspecified atom stereocenters. The Kier molecular flexibility index (Phi) is 6.86. The maximum Gasteiger partial charge on any atom is 0.344 e. The van der Waals surface area contributed by atoms with Crippen molar-refractivity contribution < 1.29 is 23.8 Å². The van der Waals surface area contributed by atoms with Gasteiger partial charge in [0.05, 0.1) is 7.11 Å². The van der Waals surface area contributed by atoms with Crippen molar-refractivity contribution in [1.29, 1.82) is 0 Å². The summed E-state index contributed by atoms with van der Waals surface area (Å²) < 4.78 is 16.2. The maximum atomic E-state index is 11.7. The van der Waals surface area contributed by atoms with Gasteiger partial charge in [0.15, 0.2) is 13.2 Å². The summed E-state index contributed by atoms with van der Waals surface area (Å²) in [4.78, 5) is 23.3. The van der Waals surface area contributed by atoms with Gasteiger partial charge in [0.25, 0.3) is 5.91 Å². The van der Waals surface area contributed by atoms with Crippen LogP contribution < -0.4 is 14.8 Å². The summed E-state index contributed by atoms with van der Waals surface area (Å²) in [7, 11) is 1.56. The van der Waals surface area contributed by atoms with Crippen LogP contribution in [0.2, 0.25) is 0 Å². The summed E-state index contributed by atoms with van der Waals surface area (Å²) in [6.45, 7) is -0.639. The molecule has 24 heavy (non-hydrogen) atoms. The van der Waals surface area contributed by atoms with E-state index in [1.807, 2.05) is 12.1 Å². The van der Waals surface area contributed by atoms with E-state index in [0.29, 0.717) is 17.2 Å². The van der Waals surface area contributed by atoms with E-state index in [1.165, 1.54) is 0 Å². The molecule has 0 radical (unpaired) electrons. The van der Waals surface area contributed by atoms with Gasteiger partial charge in [-0.25, -0.2) is 4.79 Å². The quantitative estimate of drug-likeness (QED) is 0.529. The van der Waals surface area contributed by atoms with E-state index < -0.39 is 11.9 Å². The molecule has 6 nitrogen and oxygen atoms in total. The lowest BCUT2D eigenvalue weighted by molar-refractivity contribution is -0.149. The van der Waals surface area contributed by atoms with Crippen molar-refractivity contribution in [1.82, 2.24) is 0 Å². The number of esters is 1. The van der Waals surface area contributed by atoms with Gasteiger partial charge in [-0.05, 0) is 71.1 Å². The fourth-order valence-electron chi connectivity index (χ4n) is 1.73. The molecule has 126 valence electrons. The number of carbonyl (C=O) groups is 2. The number of halogens is 1. The molecule has 0 atom stereocenters. The summed E-state index contributed by atoms with van der Waals surface area (Å²) in [5.74, 6) is 0.172. The average molecular weight is 441 g/mol. The number of ether oxygens (including phenoxy) is 3. The molecule has 0 saturated heterocycles. The standard InChI is InChI=1S/C17H16INO5/c1-22-14-6-8-15(9-7-14)23-11-17(21)24-10-16(20)19-13-4-2-12(18)3-5-13/h2-9H,10-11H2,1H3,(H,19,20). The maximum absolute atomic E-state index is 11.7. The van der Waals surface area contributed by atoms with Crippen LogP contribution in [0.15, 0.2) is 48.5 Å².